The molecule has 0 aliphatic carbocycles. The third-order valence-corrected chi connectivity index (χ3v) is 4.79. The van der Waals surface area contributed by atoms with Crippen molar-refractivity contribution in [2.45, 2.75) is 32.6 Å². The van der Waals surface area contributed by atoms with Gasteiger partial charge in [-0.2, -0.15) is 0 Å². The smallest absolute Gasteiger partial charge is 0.213 e. The van der Waals surface area contributed by atoms with Gasteiger partial charge in [0.25, 0.3) is 0 Å². The molecule has 0 fully saturated rings. The number of hydrogen-bond donors (Lipinski definition) is 3. The maximum atomic E-state index is 10.8. The van der Waals surface area contributed by atoms with Crippen LogP contribution in [0.4, 0.5) is 0 Å². The van der Waals surface area contributed by atoms with Crippen LogP contribution in [0.1, 0.15) is 30.5 Å². The molecule has 162 valence electrons. The second-order valence-electron chi connectivity index (χ2n) is 7.47. The first-order valence-corrected chi connectivity index (χ1v) is 10.5. The summed E-state index contributed by atoms with van der Waals surface area (Å²) in [6, 6.07) is 23.4. The number of aromatic nitrogens is 1. The van der Waals surface area contributed by atoms with Crippen molar-refractivity contribution in [2.75, 3.05) is 13.1 Å². The molecule has 1 heterocycles. The average Bonchev–Trinajstić information content (AvgIpc) is 2.81. The Morgan fingerprint density at radius 3 is 2.42 bits per heavy atom. The zero-order valence-electron chi connectivity index (χ0n) is 18.1. The lowest BCUT2D eigenvalue weighted by Crippen LogP contribution is -2.44. The van der Waals surface area contributed by atoms with Gasteiger partial charge < -0.3 is 20.5 Å². The second kappa shape index (κ2) is 11.1. The molecule has 2 aromatic carbocycles. The number of nitrogens with zero attached hydrogens (tertiary/aromatic N) is 2. The second-order valence-corrected chi connectivity index (χ2v) is 7.47. The zero-order chi connectivity index (χ0) is 21.9. The summed E-state index contributed by atoms with van der Waals surface area (Å²) in [5.74, 6) is 1.21. The summed E-state index contributed by atoms with van der Waals surface area (Å²) in [5, 5.41) is 17.3. The predicted molar refractivity (Wildman–Crippen MR) is 124 cm³/mol. The molecule has 1 unspecified atom stereocenters. The summed E-state index contributed by atoms with van der Waals surface area (Å²) in [6.07, 6.45) is 1.73. The molecule has 0 aliphatic rings. The Labute approximate surface area is 184 Å². The third kappa shape index (κ3) is 7.12. The Balaban J connectivity index is 1.59. The van der Waals surface area contributed by atoms with Crippen LogP contribution in [0.3, 0.4) is 0 Å². The van der Waals surface area contributed by atoms with Gasteiger partial charge in [-0.15, -0.1) is 0 Å². The lowest BCUT2D eigenvalue weighted by Gasteiger charge is -2.25. The maximum Gasteiger partial charge on any atom is 0.213 e. The molecule has 0 spiro atoms. The summed E-state index contributed by atoms with van der Waals surface area (Å²) in [6.45, 7) is 5.80. The number of guanidine groups is 1. The standard InChI is InChI=1S/C25H30N4O2/c1-3-26-24(29-19-25(2,30)22-12-8-5-9-13-22)28-17-21-14-15-27-23(16-21)31-18-20-10-6-4-7-11-20/h4-16,30H,3,17-19H2,1-2H3,(H2,26,28,29). The molecule has 1 aromatic heterocycles. The normalized spacial score (nSPS) is 13.3. The molecule has 3 rings (SSSR count). The van der Waals surface area contributed by atoms with Gasteiger partial charge in [-0.3, -0.25) is 0 Å². The topological polar surface area (TPSA) is 78.8 Å². The highest BCUT2D eigenvalue weighted by Crippen LogP contribution is 2.19. The Kier molecular flexibility index (Phi) is 8.01. The molecule has 0 saturated carbocycles. The van der Waals surface area contributed by atoms with Crippen LogP contribution in [0.15, 0.2) is 84.0 Å². The van der Waals surface area contributed by atoms with Gasteiger partial charge in [-0.25, -0.2) is 9.98 Å². The summed E-state index contributed by atoms with van der Waals surface area (Å²) in [5.41, 5.74) is 1.93. The minimum Gasteiger partial charge on any atom is -0.473 e. The Bertz CT molecular complexity index is 960. The molecular formula is C25H30N4O2. The molecule has 3 N–H and O–H groups in total. The van der Waals surface area contributed by atoms with Gasteiger partial charge in [0.1, 0.15) is 12.2 Å². The lowest BCUT2D eigenvalue weighted by molar-refractivity contribution is 0.0617. The molecule has 6 nitrogen and oxygen atoms in total. The van der Waals surface area contributed by atoms with E-state index in [0.717, 1.165) is 23.2 Å². The van der Waals surface area contributed by atoms with Gasteiger partial charge in [0.2, 0.25) is 5.88 Å². The van der Waals surface area contributed by atoms with Crippen LogP contribution in [-0.4, -0.2) is 29.1 Å². The van der Waals surface area contributed by atoms with E-state index in [1.807, 2.05) is 79.7 Å². The first-order chi connectivity index (χ1) is 15.1. The van der Waals surface area contributed by atoms with E-state index >= 15 is 0 Å². The monoisotopic (exact) mass is 418 g/mol. The fourth-order valence-corrected chi connectivity index (χ4v) is 3.03. The summed E-state index contributed by atoms with van der Waals surface area (Å²) >= 11 is 0. The van der Waals surface area contributed by atoms with E-state index in [0.29, 0.717) is 31.5 Å². The predicted octanol–water partition coefficient (Wildman–Crippen LogP) is 3.62. The third-order valence-electron chi connectivity index (χ3n) is 4.79. The van der Waals surface area contributed by atoms with E-state index in [4.69, 9.17) is 4.74 Å². The largest absolute Gasteiger partial charge is 0.473 e. The van der Waals surface area contributed by atoms with E-state index in [-0.39, 0.29) is 0 Å². The van der Waals surface area contributed by atoms with Crippen molar-refractivity contribution >= 4 is 5.96 Å². The molecule has 3 aromatic rings. The van der Waals surface area contributed by atoms with Crippen LogP contribution in [0.2, 0.25) is 0 Å². The Hall–Kier alpha value is -3.38. The molecule has 0 bridgehead atoms. The van der Waals surface area contributed by atoms with Gasteiger partial charge in [0.05, 0.1) is 13.1 Å². The van der Waals surface area contributed by atoms with Crippen LogP contribution in [0.5, 0.6) is 5.88 Å². The Morgan fingerprint density at radius 1 is 1.00 bits per heavy atom. The van der Waals surface area contributed by atoms with Crippen molar-refractivity contribution in [3.8, 4) is 5.88 Å². The van der Waals surface area contributed by atoms with E-state index in [1.54, 1.807) is 13.1 Å². The number of aliphatic hydroxyl groups is 1. The SMILES string of the molecule is CCNC(=NCc1ccnc(OCc2ccccc2)c1)NCC(C)(O)c1ccccc1. The number of aliphatic imine (C=N–C) groups is 1. The van der Waals surface area contributed by atoms with E-state index < -0.39 is 5.60 Å². The number of benzene rings is 2. The maximum absolute atomic E-state index is 10.8. The molecule has 0 aliphatic heterocycles. The number of hydrogen-bond acceptors (Lipinski definition) is 4. The quantitative estimate of drug-likeness (QED) is 0.365. The van der Waals surface area contributed by atoms with Crippen LogP contribution in [-0.2, 0) is 18.8 Å². The highest BCUT2D eigenvalue weighted by Gasteiger charge is 2.22. The number of rotatable bonds is 9. The summed E-state index contributed by atoms with van der Waals surface area (Å²) < 4.78 is 5.80. The van der Waals surface area contributed by atoms with Gasteiger partial charge in [-0.05, 0) is 36.6 Å². The number of nitrogens with one attached hydrogen (secondary N) is 2. The summed E-state index contributed by atoms with van der Waals surface area (Å²) in [7, 11) is 0. The highest BCUT2D eigenvalue weighted by atomic mass is 16.5. The fraction of sp³-hybridized carbons (Fsp3) is 0.280. The van der Waals surface area contributed by atoms with Crippen molar-refractivity contribution < 1.29 is 9.84 Å². The first kappa shape index (κ1) is 22.3. The van der Waals surface area contributed by atoms with Crippen LogP contribution in [0, 0.1) is 0 Å². The number of pyridine rings is 1. The molecule has 0 saturated heterocycles. The zero-order valence-corrected chi connectivity index (χ0v) is 18.1. The molecule has 0 amide bonds. The molecule has 0 radical (unpaired) electrons. The van der Waals surface area contributed by atoms with Crippen LogP contribution < -0.4 is 15.4 Å². The molecule has 1 atom stereocenters. The average molecular weight is 419 g/mol. The van der Waals surface area contributed by atoms with Crippen molar-refractivity contribution in [3.63, 3.8) is 0 Å². The molecule has 6 heteroatoms. The molecular weight excluding hydrogens is 388 g/mol. The van der Waals surface area contributed by atoms with Crippen molar-refractivity contribution in [1.29, 1.82) is 0 Å². The van der Waals surface area contributed by atoms with E-state index in [2.05, 4.69) is 20.6 Å². The van der Waals surface area contributed by atoms with Crippen molar-refractivity contribution in [2.24, 2.45) is 4.99 Å². The lowest BCUT2D eigenvalue weighted by atomic mass is 9.96. The van der Waals surface area contributed by atoms with Gasteiger partial charge in [-0.1, -0.05) is 60.7 Å². The van der Waals surface area contributed by atoms with Crippen LogP contribution in [0.25, 0.3) is 0 Å². The van der Waals surface area contributed by atoms with Crippen molar-refractivity contribution in [3.05, 3.63) is 95.7 Å². The van der Waals surface area contributed by atoms with Gasteiger partial charge in [0, 0.05) is 18.8 Å². The van der Waals surface area contributed by atoms with E-state index in [9.17, 15) is 5.11 Å². The Morgan fingerprint density at radius 2 is 1.71 bits per heavy atom. The number of ether oxygens (including phenoxy) is 1. The van der Waals surface area contributed by atoms with E-state index in [1.165, 1.54) is 0 Å². The molecule has 31 heavy (non-hydrogen) atoms. The van der Waals surface area contributed by atoms with Crippen molar-refractivity contribution in [1.82, 2.24) is 15.6 Å². The minimum atomic E-state index is -1.01. The highest BCUT2D eigenvalue weighted by molar-refractivity contribution is 5.79. The minimum absolute atomic E-state index is 0.338. The van der Waals surface area contributed by atoms with Gasteiger partial charge in [0.15, 0.2) is 5.96 Å². The fourth-order valence-electron chi connectivity index (χ4n) is 3.03. The first-order valence-electron chi connectivity index (χ1n) is 10.5. The van der Waals surface area contributed by atoms with Gasteiger partial charge >= 0.3 is 0 Å². The van der Waals surface area contributed by atoms with Crippen LogP contribution >= 0.6 is 0 Å². The summed E-state index contributed by atoms with van der Waals surface area (Å²) in [4.78, 5) is 8.92.